The minimum absolute atomic E-state index is 0.0450. The van der Waals surface area contributed by atoms with Gasteiger partial charge in [0.2, 0.25) is 0 Å². The number of benzene rings is 2. The minimum atomic E-state index is -4.02. The number of carbonyl (C=O) groups is 1. The summed E-state index contributed by atoms with van der Waals surface area (Å²) in [7, 11) is -2.56. The highest BCUT2D eigenvalue weighted by atomic mass is 32.2. The first-order valence-corrected chi connectivity index (χ1v) is 10.5. The summed E-state index contributed by atoms with van der Waals surface area (Å²) in [5.41, 5.74) is -0.219. The van der Waals surface area contributed by atoms with Crippen LogP contribution >= 0.6 is 0 Å². The monoisotopic (exact) mass is 409 g/mol. The lowest BCUT2D eigenvalue weighted by atomic mass is 10.2. The smallest absolute Gasteiger partial charge is 0.340 e. The number of rotatable bonds is 10. The number of unbranched alkanes of at least 4 members (excludes halogenated alkanes) is 3. The maximum Gasteiger partial charge on any atom is 0.340 e. The van der Waals surface area contributed by atoms with Gasteiger partial charge in [0.05, 0.1) is 29.9 Å². The van der Waals surface area contributed by atoms with Crippen LogP contribution in [0.5, 0.6) is 5.75 Å². The highest BCUT2D eigenvalue weighted by Crippen LogP contribution is 2.23. The second-order valence-electron chi connectivity index (χ2n) is 6.17. The van der Waals surface area contributed by atoms with Crippen molar-refractivity contribution in [1.82, 2.24) is 0 Å². The Balaban J connectivity index is 2.17. The van der Waals surface area contributed by atoms with Crippen molar-refractivity contribution in [1.29, 1.82) is 0 Å². The molecule has 8 heteroatoms. The van der Waals surface area contributed by atoms with Crippen molar-refractivity contribution in [3.63, 3.8) is 0 Å². The van der Waals surface area contributed by atoms with Gasteiger partial charge in [-0.3, -0.25) is 4.72 Å². The van der Waals surface area contributed by atoms with E-state index in [0.717, 1.165) is 31.4 Å². The van der Waals surface area contributed by atoms with Crippen LogP contribution in [0.25, 0.3) is 0 Å². The molecule has 0 fully saturated rings. The molecule has 2 rings (SSSR count). The topological polar surface area (TPSA) is 81.7 Å². The van der Waals surface area contributed by atoms with E-state index in [-0.39, 0.29) is 22.8 Å². The minimum Gasteiger partial charge on any atom is -0.497 e. The molecule has 152 valence electrons. The van der Waals surface area contributed by atoms with Gasteiger partial charge in [-0.05, 0) is 48.9 Å². The van der Waals surface area contributed by atoms with E-state index in [1.807, 2.05) is 0 Å². The van der Waals surface area contributed by atoms with Gasteiger partial charge >= 0.3 is 5.97 Å². The van der Waals surface area contributed by atoms with Crippen LogP contribution < -0.4 is 9.46 Å². The SMILES string of the molecule is CCCCCCOC(=O)c1ccc(F)cc1NS(=O)(=O)c1ccc(OC)cc1. The number of hydrogen-bond acceptors (Lipinski definition) is 5. The van der Waals surface area contributed by atoms with Gasteiger partial charge in [0, 0.05) is 0 Å². The zero-order chi connectivity index (χ0) is 20.6. The average molecular weight is 409 g/mol. The molecule has 0 heterocycles. The number of hydrogen-bond donors (Lipinski definition) is 1. The molecule has 6 nitrogen and oxygen atoms in total. The number of esters is 1. The van der Waals surface area contributed by atoms with Gasteiger partial charge in [-0.2, -0.15) is 0 Å². The molecule has 0 aromatic heterocycles. The summed E-state index contributed by atoms with van der Waals surface area (Å²) in [5.74, 6) is -0.882. The van der Waals surface area contributed by atoms with Gasteiger partial charge in [0.15, 0.2) is 0 Å². The molecule has 0 bridgehead atoms. The molecule has 1 N–H and O–H groups in total. The molecular formula is C20H24FNO5S. The van der Waals surface area contributed by atoms with Crippen molar-refractivity contribution in [3.8, 4) is 5.75 Å². The number of ether oxygens (including phenoxy) is 2. The molecule has 0 atom stereocenters. The number of halogens is 1. The highest BCUT2D eigenvalue weighted by molar-refractivity contribution is 7.92. The Hall–Kier alpha value is -2.61. The van der Waals surface area contributed by atoms with Crippen LogP contribution in [0.15, 0.2) is 47.4 Å². The molecule has 28 heavy (non-hydrogen) atoms. The Kier molecular flexibility index (Phi) is 7.80. The Morgan fingerprint density at radius 2 is 1.79 bits per heavy atom. The summed E-state index contributed by atoms with van der Waals surface area (Å²) in [6, 6.07) is 8.93. The molecule has 0 aliphatic carbocycles. The number of methoxy groups -OCH3 is 1. The third kappa shape index (κ3) is 5.95. The van der Waals surface area contributed by atoms with E-state index >= 15 is 0 Å². The summed E-state index contributed by atoms with van der Waals surface area (Å²) in [4.78, 5) is 12.3. The fourth-order valence-corrected chi connectivity index (χ4v) is 3.58. The normalized spacial score (nSPS) is 11.1. The van der Waals surface area contributed by atoms with Gasteiger partial charge in [-0.1, -0.05) is 26.2 Å². The summed E-state index contributed by atoms with van der Waals surface area (Å²) in [6.45, 7) is 2.30. The number of carbonyl (C=O) groups excluding carboxylic acids is 1. The van der Waals surface area contributed by atoms with E-state index in [2.05, 4.69) is 11.6 Å². The largest absolute Gasteiger partial charge is 0.497 e. The molecule has 0 unspecified atom stereocenters. The van der Waals surface area contributed by atoms with E-state index in [1.54, 1.807) is 0 Å². The fraction of sp³-hybridized carbons (Fsp3) is 0.350. The Morgan fingerprint density at radius 3 is 2.43 bits per heavy atom. The molecule has 0 radical (unpaired) electrons. The molecule has 2 aromatic carbocycles. The number of anilines is 1. The summed E-state index contributed by atoms with van der Waals surface area (Å²) >= 11 is 0. The Morgan fingerprint density at radius 1 is 1.07 bits per heavy atom. The Bertz CT molecular complexity index is 897. The van der Waals surface area contributed by atoms with Gasteiger partial charge in [0.1, 0.15) is 11.6 Å². The van der Waals surface area contributed by atoms with E-state index in [1.165, 1.54) is 37.4 Å². The van der Waals surface area contributed by atoms with Crippen LogP contribution in [-0.2, 0) is 14.8 Å². The van der Waals surface area contributed by atoms with E-state index in [9.17, 15) is 17.6 Å². The first-order chi connectivity index (χ1) is 13.4. The van der Waals surface area contributed by atoms with Crippen LogP contribution in [0.2, 0.25) is 0 Å². The number of sulfonamides is 1. The molecule has 0 spiro atoms. The van der Waals surface area contributed by atoms with Crippen molar-refractivity contribution in [3.05, 3.63) is 53.8 Å². The molecule has 0 saturated carbocycles. The van der Waals surface area contributed by atoms with Gasteiger partial charge < -0.3 is 9.47 Å². The maximum atomic E-state index is 13.7. The van der Waals surface area contributed by atoms with Crippen LogP contribution in [-0.4, -0.2) is 28.1 Å². The van der Waals surface area contributed by atoms with E-state index in [4.69, 9.17) is 9.47 Å². The second kappa shape index (κ2) is 10.1. The van der Waals surface area contributed by atoms with Crippen molar-refractivity contribution in [2.75, 3.05) is 18.4 Å². The quantitative estimate of drug-likeness (QED) is 0.465. The molecule has 2 aromatic rings. The third-order valence-corrected chi connectivity index (χ3v) is 5.43. The predicted molar refractivity (Wildman–Crippen MR) is 105 cm³/mol. The fourth-order valence-electron chi connectivity index (χ4n) is 2.51. The lowest BCUT2D eigenvalue weighted by molar-refractivity contribution is 0.0499. The molecular weight excluding hydrogens is 385 g/mol. The van der Waals surface area contributed by atoms with Crippen LogP contribution in [0.1, 0.15) is 43.0 Å². The average Bonchev–Trinajstić information content (AvgIpc) is 2.67. The van der Waals surface area contributed by atoms with Crippen molar-refractivity contribution in [2.45, 2.75) is 37.5 Å². The van der Waals surface area contributed by atoms with Gasteiger partial charge in [-0.15, -0.1) is 0 Å². The van der Waals surface area contributed by atoms with Crippen molar-refractivity contribution < 1.29 is 27.1 Å². The summed E-state index contributed by atoms with van der Waals surface area (Å²) < 4.78 is 51.3. The van der Waals surface area contributed by atoms with Crippen LogP contribution in [0.4, 0.5) is 10.1 Å². The predicted octanol–water partition coefficient (Wildman–Crippen LogP) is 4.37. The molecule has 0 amide bonds. The standard InChI is InChI=1S/C20H24FNO5S/c1-3-4-5-6-13-27-20(23)18-12-7-15(21)14-19(18)22-28(24,25)17-10-8-16(26-2)9-11-17/h7-12,14,22H,3-6,13H2,1-2H3. The maximum absolute atomic E-state index is 13.7. The highest BCUT2D eigenvalue weighted by Gasteiger charge is 2.20. The zero-order valence-corrected chi connectivity index (χ0v) is 16.7. The van der Waals surface area contributed by atoms with Gasteiger partial charge in [0.25, 0.3) is 10.0 Å². The molecule has 0 aliphatic rings. The second-order valence-corrected chi connectivity index (χ2v) is 7.85. The lowest BCUT2D eigenvalue weighted by Gasteiger charge is -2.13. The van der Waals surface area contributed by atoms with E-state index in [0.29, 0.717) is 12.2 Å². The van der Waals surface area contributed by atoms with Gasteiger partial charge in [-0.25, -0.2) is 17.6 Å². The van der Waals surface area contributed by atoms with Crippen molar-refractivity contribution >= 4 is 21.7 Å². The first-order valence-electron chi connectivity index (χ1n) is 9.01. The summed E-state index contributed by atoms with van der Waals surface area (Å²) in [5, 5.41) is 0. The number of nitrogens with one attached hydrogen (secondary N) is 1. The molecule has 0 aliphatic heterocycles. The zero-order valence-electron chi connectivity index (χ0n) is 15.9. The van der Waals surface area contributed by atoms with E-state index < -0.39 is 21.8 Å². The lowest BCUT2D eigenvalue weighted by Crippen LogP contribution is -2.17. The summed E-state index contributed by atoms with van der Waals surface area (Å²) in [6.07, 6.45) is 3.75. The first kappa shape index (κ1) is 21.7. The van der Waals surface area contributed by atoms with Crippen molar-refractivity contribution in [2.24, 2.45) is 0 Å². The molecule has 0 saturated heterocycles. The van der Waals surface area contributed by atoms with Crippen LogP contribution in [0, 0.1) is 5.82 Å². The third-order valence-electron chi connectivity index (χ3n) is 4.05. The van der Waals surface area contributed by atoms with Crippen LogP contribution in [0.3, 0.4) is 0 Å². The Labute approximate surface area is 164 Å².